The number of nitrogens with one attached hydrogen (secondary N) is 1. The molecule has 1 N–H and O–H groups in total. The number of aryl methyl sites for hydroxylation is 1. The highest BCUT2D eigenvalue weighted by atomic mass is 16.5. The number of benzene rings is 2. The molecule has 0 unspecified atom stereocenters. The number of para-hydroxylation sites is 2. The number of amides is 2. The highest BCUT2D eigenvalue weighted by molar-refractivity contribution is 6.10. The summed E-state index contributed by atoms with van der Waals surface area (Å²) in [5.74, 6) is -0.239. The van der Waals surface area contributed by atoms with Gasteiger partial charge in [-0.25, -0.2) is 0 Å². The van der Waals surface area contributed by atoms with E-state index in [9.17, 15) is 9.59 Å². The van der Waals surface area contributed by atoms with Crippen LogP contribution in [0.4, 0.5) is 5.69 Å². The van der Waals surface area contributed by atoms with Crippen molar-refractivity contribution < 1.29 is 18.7 Å². The van der Waals surface area contributed by atoms with Crippen LogP contribution in [0.25, 0.3) is 11.0 Å². The molecule has 0 bridgehead atoms. The molecule has 3 aromatic rings. The second kappa shape index (κ2) is 8.09. The van der Waals surface area contributed by atoms with E-state index in [1.54, 1.807) is 13.2 Å². The van der Waals surface area contributed by atoms with E-state index in [2.05, 4.69) is 5.32 Å². The van der Waals surface area contributed by atoms with E-state index in [4.69, 9.17) is 9.15 Å². The van der Waals surface area contributed by atoms with Gasteiger partial charge in [0.25, 0.3) is 11.8 Å². The highest BCUT2D eigenvalue weighted by Crippen LogP contribution is 2.29. The van der Waals surface area contributed by atoms with Crippen molar-refractivity contribution in [3.05, 3.63) is 64.9 Å². The Morgan fingerprint density at radius 3 is 2.62 bits per heavy atom. The molecule has 0 saturated carbocycles. The fraction of sp³-hybridized carbons (Fsp3) is 0.304. The summed E-state index contributed by atoms with van der Waals surface area (Å²) in [4.78, 5) is 28.0. The van der Waals surface area contributed by atoms with Gasteiger partial charge in [-0.3, -0.25) is 9.59 Å². The molecule has 29 heavy (non-hydrogen) atoms. The number of likely N-dealkylation sites (tertiary alicyclic amines) is 1. The molecule has 2 aromatic carbocycles. The van der Waals surface area contributed by atoms with Crippen molar-refractivity contribution in [3.63, 3.8) is 0 Å². The minimum absolute atomic E-state index is 0.0526. The topological polar surface area (TPSA) is 71.8 Å². The number of furan rings is 1. The van der Waals surface area contributed by atoms with Crippen molar-refractivity contribution in [3.8, 4) is 0 Å². The van der Waals surface area contributed by atoms with Gasteiger partial charge in [-0.2, -0.15) is 0 Å². The molecule has 6 heteroatoms. The first kappa shape index (κ1) is 19.2. The van der Waals surface area contributed by atoms with Crippen LogP contribution in [0.2, 0.25) is 0 Å². The Morgan fingerprint density at radius 1 is 1.10 bits per heavy atom. The molecule has 0 aliphatic carbocycles. The van der Waals surface area contributed by atoms with Gasteiger partial charge in [-0.1, -0.05) is 30.3 Å². The van der Waals surface area contributed by atoms with Gasteiger partial charge < -0.3 is 19.4 Å². The number of carbonyl (C=O) groups is 2. The Morgan fingerprint density at radius 2 is 1.86 bits per heavy atom. The molecule has 1 aliphatic heterocycles. The first-order valence-corrected chi connectivity index (χ1v) is 9.79. The molecule has 1 saturated heterocycles. The maximum absolute atomic E-state index is 13.1. The van der Waals surface area contributed by atoms with E-state index >= 15 is 0 Å². The molecule has 0 spiro atoms. The average molecular weight is 392 g/mol. The lowest BCUT2D eigenvalue weighted by Crippen LogP contribution is -2.29. The summed E-state index contributed by atoms with van der Waals surface area (Å²) >= 11 is 0. The number of fused-ring (bicyclic) bond motifs is 1. The Hall–Kier alpha value is -3.12. The number of rotatable bonds is 5. The standard InChI is InChI=1S/C23H24N2O4/c1-15-8-7-10-17(23(27)25-12-5-6-13-25)20(15)24-22(26)21-18(14-28-2)16-9-3-4-11-19(16)29-21/h3-4,7-11H,5-6,12-14H2,1-2H3,(H,24,26). The zero-order chi connectivity index (χ0) is 20.4. The third-order valence-corrected chi connectivity index (χ3v) is 5.33. The van der Waals surface area contributed by atoms with Crippen molar-refractivity contribution in [1.29, 1.82) is 0 Å². The van der Waals surface area contributed by atoms with Crippen LogP contribution in [-0.4, -0.2) is 36.9 Å². The summed E-state index contributed by atoms with van der Waals surface area (Å²) in [7, 11) is 1.58. The lowest BCUT2D eigenvalue weighted by molar-refractivity contribution is 0.0793. The lowest BCUT2D eigenvalue weighted by atomic mass is 10.1. The number of nitrogens with zero attached hydrogens (tertiary/aromatic N) is 1. The molecule has 2 amide bonds. The molecule has 6 nitrogen and oxygen atoms in total. The van der Waals surface area contributed by atoms with E-state index in [0.717, 1.165) is 36.9 Å². The fourth-order valence-electron chi connectivity index (χ4n) is 3.84. The van der Waals surface area contributed by atoms with Crippen LogP contribution < -0.4 is 5.32 Å². The van der Waals surface area contributed by atoms with Gasteiger partial charge in [0.15, 0.2) is 5.76 Å². The molecule has 0 radical (unpaired) electrons. The predicted octanol–water partition coefficient (Wildman–Crippen LogP) is 4.38. The van der Waals surface area contributed by atoms with Gasteiger partial charge in [0.2, 0.25) is 0 Å². The number of hydrogen-bond donors (Lipinski definition) is 1. The number of methoxy groups -OCH3 is 1. The number of hydrogen-bond acceptors (Lipinski definition) is 4. The van der Waals surface area contributed by atoms with Crippen LogP contribution in [0.3, 0.4) is 0 Å². The van der Waals surface area contributed by atoms with Crippen molar-refractivity contribution in [1.82, 2.24) is 4.90 Å². The summed E-state index contributed by atoms with van der Waals surface area (Å²) in [6, 6.07) is 13.0. The Labute approximate surface area is 169 Å². The average Bonchev–Trinajstić information content (AvgIpc) is 3.38. The van der Waals surface area contributed by atoms with Crippen LogP contribution >= 0.6 is 0 Å². The lowest BCUT2D eigenvalue weighted by Gasteiger charge is -2.19. The second-order valence-corrected chi connectivity index (χ2v) is 7.29. The van der Waals surface area contributed by atoms with Crippen LogP contribution in [0, 0.1) is 6.92 Å². The smallest absolute Gasteiger partial charge is 0.291 e. The molecule has 1 aliphatic rings. The van der Waals surface area contributed by atoms with Gasteiger partial charge in [-0.15, -0.1) is 0 Å². The summed E-state index contributed by atoms with van der Waals surface area (Å²) in [6.45, 7) is 3.64. The number of anilines is 1. The van der Waals surface area contributed by atoms with Crippen molar-refractivity contribution in [2.75, 3.05) is 25.5 Å². The molecule has 4 rings (SSSR count). The molecule has 2 heterocycles. The zero-order valence-electron chi connectivity index (χ0n) is 16.7. The molecule has 150 valence electrons. The quantitative estimate of drug-likeness (QED) is 0.700. The number of ether oxygens (including phenoxy) is 1. The Kier molecular flexibility index (Phi) is 5.36. The monoisotopic (exact) mass is 392 g/mol. The molecular weight excluding hydrogens is 368 g/mol. The van der Waals surface area contributed by atoms with E-state index < -0.39 is 5.91 Å². The van der Waals surface area contributed by atoms with Crippen LogP contribution in [0.1, 0.15) is 44.9 Å². The first-order valence-electron chi connectivity index (χ1n) is 9.79. The van der Waals surface area contributed by atoms with Crippen LogP contribution in [0.15, 0.2) is 46.9 Å². The largest absolute Gasteiger partial charge is 0.451 e. The van der Waals surface area contributed by atoms with Gasteiger partial charge >= 0.3 is 0 Å². The number of carbonyl (C=O) groups excluding carboxylic acids is 2. The van der Waals surface area contributed by atoms with E-state index in [-0.39, 0.29) is 18.3 Å². The maximum atomic E-state index is 13.1. The molecule has 1 aromatic heterocycles. The van der Waals surface area contributed by atoms with Crippen LogP contribution in [-0.2, 0) is 11.3 Å². The molecule has 1 fully saturated rings. The Balaban J connectivity index is 1.70. The normalized spacial score (nSPS) is 13.8. The van der Waals surface area contributed by atoms with Gasteiger partial charge in [0.1, 0.15) is 5.58 Å². The summed E-state index contributed by atoms with van der Waals surface area (Å²) in [6.07, 6.45) is 2.03. The first-order chi connectivity index (χ1) is 14.1. The van der Waals surface area contributed by atoms with Gasteiger partial charge in [-0.05, 0) is 37.5 Å². The third-order valence-electron chi connectivity index (χ3n) is 5.33. The van der Waals surface area contributed by atoms with Gasteiger partial charge in [0, 0.05) is 31.1 Å². The zero-order valence-corrected chi connectivity index (χ0v) is 16.7. The van der Waals surface area contributed by atoms with Gasteiger partial charge in [0.05, 0.1) is 17.9 Å². The second-order valence-electron chi connectivity index (χ2n) is 7.29. The van der Waals surface area contributed by atoms with E-state index in [1.807, 2.05) is 48.2 Å². The molecule has 0 atom stereocenters. The van der Waals surface area contributed by atoms with Crippen molar-refractivity contribution in [2.45, 2.75) is 26.4 Å². The maximum Gasteiger partial charge on any atom is 0.291 e. The van der Waals surface area contributed by atoms with Crippen LogP contribution in [0.5, 0.6) is 0 Å². The Bertz CT molecular complexity index is 1060. The highest BCUT2D eigenvalue weighted by Gasteiger charge is 2.26. The fourth-order valence-corrected chi connectivity index (χ4v) is 3.84. The minimum atomic E-state index is -0.391. The van der Waals surface area contributed by atoms with E-state index in [0.29, 0.717) is 22.4 Å². The SMILES string of the molecule is COCc1c(C(=O)Nc2c(C)cccc2C(=O)N2CCCC2)oc2ccccc12. The third kappa shape index (κ3) is 3.63. The van der Waals surface area contributed by atoms with Crippen molar-refractivity contribution >= 4 is 28.5 Å². The van der Waals surface area contributed by atoms with Crippen molar-refractivity contribution in [2.24, 2.45) is 0 Å². The summed E-state index contributed by atoms with van der Waals surface area (Å²) in [5, 5.41) is 3.77. The predicted molar refractivity (Wildman–Crippen MR) is 111 cm³/mol. The van der Waals surface area contributed by atoms with E-state index in [1.165, 1.54) is 0 Å². The summed E-state index contributed by atoms with van der Waals surface area (Å²) in [5.41, 5.74) is 3.18. The minimum Gasteiger partial charge on any atom is -0.451 e. The summed E-state index contributed by atoms with van der Waals surface area (Å²) < 4.78 is 11.1. The molecular formula is C23H24N2O4.